The number of hydrogen-bond acceptors (Lipinski definition) is 2. The Labute approximate surface area is 84.7 Å². The maximum Gasteiger partial charge on any atom is 0.111 e. The van der Waals surface area contributed by atoms with Crippen molar-refractivity contribution in [1.29, 1.82) is 0 Å². The number of aromatic nitrogens is 2. The van der Waals surface area contributed by atoms with Gasteiger partial charge >= 0.3 is 0 Å². The zero-order valence-electron chi connectivity index (χ0n) is 9.12. The third kappa shape index (κ3) is 1.12. The maximum absolute atomic E-state index is 10.7. The molecule has 0 spiro atoms. The predicted octanol–water partition coefficient (Wildman–Crippen LogP) is 1.82. The van der Waals surface area contributed by atoms with Crippen molar-refractivity contribution < 1.29 is 5.11 Å². The summed E-state index contributed by atoms with van der Waals surface area (Å²) in [5.41, 5.74) is 0.207. The lowest BCUT2D eigenvalue weighted by Crippen LogP contribution is -2.38. The molecule has 3 heteroatoms. The Kier molecular flexibility index (Phi) is 1.96. The smallest absolute Gasteiger partial charge is 0.111 e. The molecule has 0 aliphatic heterocycles. The van der Waals surface area contributed by atoms with Gasteiger partial charge in [-0.15, -0.1) is 0 Å². The van der Waals surface area contributed by atoms with Gasteiger partial charge in [0.25, 0.3) is 0 Å². The fourth-order valence-corrected chi connectivity index (χ4v) is 2.59. The molecule has 2 rings (SSSR count). The number of aliphatic hydroxyl groups is 1. The molecule has 1 aliphatic carbocycles. The molecule has 1 fully saturated rings. The van der Waals surface area contributed by atoms with E-state index in [2.05, 4.69) is 18.9 Å². The molecular formula is C11H18N2O. The molecule has 3 nitrogen and oxygen atoms in total. The van der Waals surface area contributed by atoms with Crippen LogP contribution in [0.3, 0.4) is 0 Å². The van der Waals surface area contributed by atoms with E-state index in [9.17, 15) is 5.11 Å². The monoisotopic (exact) mass is 194 g/mol. The van der Waals surface area contributed by atoms with E-state index in [0.29, 0.717) is 0 Å². The van der Waals surface area contributed by atoms with E-state index in [1.54, 1.807) is 10.9 Å². The quantitative estimate of drug-likeness (QED) is 0.740. The Hall–Kier alpha value is -0.830. The lowest BCUT2D eigenvalue weighted by Gasteiger charge is -2.36. The van der Waals surface area contributed by atoms with Crippen LogP contribution in [0, 0.1) is 5.41 Å². The molecule has 1 aromatic rings. The van der Waals surface area contributed by atoms with E-state index >= 15 is 0 Å². The molecule has 0 aromatic carbocycles. The van der Waals surface area contributed by atoms with Crippen LogP contribution in [0.25, 0.3) is 0 Å². The van der Waals surface area contributed by atoms with Gasteiger partial charge in [-0.05, 0) is 30.7 Å². The summed E-state index contributed by atoms with van der Waals surface area (Å²) >= 11 is 0. The fourth-order valence-electron chi connectivity index (χ4n) is 2.59. The Morgan fingerprint density at radius 1 is 1.43 bits per heavy atom. The van der Waals surface area contributed by atoms with Gasteiger partial charge in [0.2, 0.25) is 0 Å². The molecule has 1 atom stereocenters. The first kappa shape index (κ1) is 9.71. The van der Waals surface area contributed by atoms with Crippen LogP contribution in [0.5, 0.6) is 0 Å². The zero-order chi connectivity index (χ0) is 10.4. The van der Waals surface area contributed by atoms with Gasteiger partial charge < -0.3 is 5.11 Å². The average Bonchev–Trinajstić information content (AvgIpc) is 2.59. The fraction of sp³-hybridized carbons (Fsp3) is 0.727. The molecule has 1 aromatic heterocycles. The van der Waals surface area contributed by atoms with Gasteiger partial charge in [0, 0.05) is 13.2 Å². The summed E-state index contributed by atoms with van der Waals surface area (Å²) in [6.45, 7) is 4.26. The maximum atomic E-state index is 10.7. The van der Waals surface area contributed by atoms with E-state index in [0.717, 1.165) is 25.0 Å². The molecular weight excluding hydrogens is 176 g/mol. The number of nitrogens with zero attached hydrogens (tertiary/aromatic N) is 2. The van der Waals surface area contributed by atoms with Crippen LogP contribution < -0.4 is 0 Å². The minimum Gasteiger partial charge on any atom is -0.383 e. The lowest BCUT2D eigenvalue weighted by molar-refractivity contribution is -0.0550. The second-order valence-corrected chi connectivity index (χ2v) is 4.94. The number of rotatable bonds is 1. The molecule has 0 amide bonds. The second kappa shape index (κ2) is 2.83. The van der Waals surface area contributed by atoms with Crippen LogP contribution in [0.15, 0.2) is 12.3 Å². The van der Waals surface area contributed by atoms with Crippen molar-refractivity contribution >= 4 is 0 Å². The Morgan fingerprint density at radius 2 is 2.14 bits per heavy atom. The largest absolute Gasteiger partial charge is 0.383 e. The van der Waals surface area contributed by atoms with Crippen molar-refractivity contribution in [2.45, 2.75) is 38.7 Å². The Balaban J connectivity index is 2.47. The first-order chi connectivity index (χ1) is 6.47. The summed E-state index contributed by atoms with van der Waals surface area (Å²) < 4.78 is 1.78. The van der Waals surface area contributed by atoms with Gasteiger partial charge in [-0.1, -0.05) is 13.8 Å². The van der Waals surface area contributed by atoms with Gasteiger partial charge in [-0.3, -0.25) is 4.68 Å². The molecule has 1 aliphatic rings. The second-order valence-electron chi connectivity index (χ2n) is 4.94. The zero-order valence-corrected chi connectivity index (χ0v) is 9.12. The van der Waals surface area contributed by atoms with Gasteiger partial charge in [0.1, 0.15) is 5.60 Å². The molecule has 14 heavy (non-hydrogen) atoms. The summed E-state index contributed by atoms with van der Waals surface area (Å²) in [4.78, 5) is 0. The molecule has 1 saturated carbocycles. The standard InChI is InChI=1S/C11H18N2O/c1-10(2)6-4-7-11(10,14)9-5-8-12-13(9)3/h5,8,14H,4,6-7H2,1-3H3. The van der Waals surface area contributed by atoms with E-state index in [1.165, 1.54) is 0 Å². The SMILES string of the molecule is Cn1nccc1C1(O)CCCC1(C)C. The minimum atomic E-state index is -0.696. The summed E-state index contributed by atoms with van der Waals surface area (Å²) in [6, 6.07) is 1.92. The van der Waals surface area contributed by atoms with Crippen LogP contribution >= 0.6 is 0 Å². The molecule has 1 heterocycles. The van der Waals surface area contributed by atoms with Gasteiger partial charge in [-0.25, -0.2) is 0 Å². The van der Waals surface area contributed by atoms with E-state index in [-0.39, 0.29) is 5.41 Å². The van der Waals surface area contributed by atoms with Crippen LogP contribution in [-0.4, -0.2) is 14.9 Å². The lowest BCUT2D eigenvalue weighted by atomic mass is 9.76. The highest BCUT2D eigenvalue weighted by Gasteiger charge is 2.50. The number of aryl methyl sites for hydroxylation is 1. The molecule has 0 bridgehead atoms. The third-order valence-electron chi connectivity index (χ3n) is 3.70. The van der Waals surface area contributed by atoms with Crippen molar-refractivity contribution in [3.05, 3.63) is 18.0 Å². The highest BCUT2D eigenvalue weighted by atomic mass is 16.3. The predicted molar refractivity (Wildman–Crippen MR) is 54.7 cm³/mol. The van der Waals surface area contributed by atoms with Gasteiger partial charge in [0.05, 0.1) is 5.69 Å². The minimum absolute atomic E-state index is 0.0409. The Bertz CT molecular complexity index is 343. The van der Waals surface area contributed by atoms with Crippen LogP contribution in [0.2, 0.25) is 0 Å². The van der Waals surface area contributed by atoms with Crippen LogP contribution in [0.4, 0.5) is 0 Å². The summed E-state index contributed by atoms with van der Waals surface area (Å²) in [5, 5.41) is 14.8. The van der Waals surface area contributed by atoms with Crippen LogP contribution in [0.1, 0.15) is 38.8 Å². The highest BCUT2D eigenvalue weighted by molar-refractivity contribution is 5.18. The van der Waals surface area contributed by atoms with Crippen molar-refractivity contribution in [3.8, 4) is 0 Å². The van der Waals surface area contributed by atoms with E-state index < -0.39 is 5.60 Å². The summed E-state index contributed by atoms with van der Waals surface area (Å²) in [5.74, 6) is 0. The average molecular weight is 194 g/mol. The van der Waals surface area contributed by atoms with Crippen molar-refractivity contribution in [2.24, 2.45) is 12.5 Å². The third-order valence-corrected chi connectivity index (χ3v) is 3.70. The highest BCUT2D eigenvalue weighted by Crippen LogP contribution is 2.51. The normalized spacial score (nSPS) is 30.9. The van der Waals surface area contributed by atoms with Crippen molar-refractivity contribution in [1.82, 2.24) is 9.78 Å². The summed E-state index contributed by atoms with van der Waals surface area (Å²) in [7, 11) is 1.89. The van der Waals surface area contributed by atoms with Gasteiger partial charge in [0.15, 0.2) is 0 Å². The molecule has 0 radical (unpaired) electrons. The topological polar surface area (TPSA) is 38.0 Å². The van der Waals surface area contributed by atoms with Crippen molar-refractivity contribution in [2.75, 3.05) is 0 Å². The van der Waals surface area contributed by atoms with E-state index in [1.807, 2.05) is 13.1 Å². The molecule has 0 saturated heterocycles. The molecule has 1 N–H and O–H groups in total. The van der Waals surface area contributed by atoms with E-state index in [4.69, 9.17) is 0 Å². The Morgan fingerprint density at radius 3 is 2.57 bits per heavy atom. The number of hydrogen-bond donors (Lipinski definition) is 1. The molecule has 78 valence electrons. The van der Waals surface area contributed by atoms with Crippen molar-refractivity contribution in [3.63, 3.8) is 0 Å². The van der Waals surface area contributed by atoms with Crippen LogP contribution in [-0.2, 0) is 12.6 Å². The van der Waals surface area contributed by atoms with Gasteiger partial charge in [-0.2, -0.15) is 5.10 Å². The molecule has 1 unspecified atom stereocenters. The first-order valence-corrected chi connectivity index (χ1v) is 5.18. The summed E-state index contributed by atoms with van der Waals surface area (Å²) in [6.07, 6.45) is 4.77. The first-order valence-electron chi connectivity index (χ1n) is 5.18.